The van der Waals surface area contributed by atoms with E-state index in [9.17, 15) is 4.79 Å². The van der Waals surface area contributed by atoms with Gasteiger partial charge in [0.15, 0.2) is 0 Å². The molecule has 1 atom stereocenters. The molecule has 0 fully saturated rings. The zero-order valence-electron chi connectivity index (χ0n) is 11.9. The molecule has 0 spiro atoms. The summed E-state index contributed by atoms with van der Waals surface area (Å²) in [5.41, 5.74) is 1.57. The van der Waals surface area contributed by atoms with Crippen LogP contribution in [-0.2, 0) is 4.79 Å². The van der Waals surface area contributed by atoms with Gasteiger partial charge in [0.2, 0.25) is 5.91 Å². The third kappa shape index (κ3) is 3.99. The van der Waals surface area contributed by atoms with Crippen molar-refractivity contribution >= 4 is 34.8 Å². The summed E-state index contributed by atoms with van der Waals surface area (Å²) in [6.07, 6.45) is 0. The third-order valence-electron chi connectivity index (χ3n) is 3.31. The van der Waals surface area contributed by atoms with E-state index < -0.39 is 0 Å². The van der Waals surface area contributed by atoms with Crippen molar-refractivity contribution in [2.45, 2.75) is 19.8 Å². The van der Waals surface area contributed by atoms with Crippen molar-refractivity contribution in [1.82, 2.24) is 0 Å². The summed E-state index contributed by atoms with van der Waals surface area (Å²) >= 11 is 12.0. The van der Waals surface area contributed by atoms with Gasteiger partial charge in [0.25, 0.3) is 0 Å². The zero-order valence-corrected chi connectivity index (χ0v) is 13.4. The molecule has 0 saturated heterocycles. The van der Waals surface area contributed by atoms with E-state index in [1.807, 2.05) is 38.1 Å². The molecule has 21 heavy (non-hydrogen) atoms. The Labute approximate surface area is 135 Å². The van der Waals surface area contributed by atoms with Gasteiger partial charge in [-0.2, -0.15) is 0 Å². The molecular formula is C17H17Cl2NO. The number of halogens is 2. The number of amides is 1. The van der Waals surface area contributed by atoms with Gasteiger partial charge in [-0.25, -0.2) is 0 Å². The molecule has 2 aromatic carbocycles. The summed E-state index contributed by atoms with van der Waals surface area (Å²) in [5, 5.41) is 4.09. The Morgan fingerprint density at radius 1 is 1.00 bits per heavy atom. The van der Waals surface area contributed by atoms with E-state index >= 15 is 0 Å². The Kier molecular flexibility index (Phi) is 5.27. The van der Waals surface area contributed by atoms with Crippen LogP contribution in [0.4, 0.5) is 5.69 Å². The van der Waals surface area contributed by atoms with Crippen molar-refractivity contribution in [1.29, 1.82) is 0 Å². The number of rotatable bonds is 4. The smallest absolute Gasteiger partial charge is 0.232 e. The number of carbonyl (C=O) groups excluding carboxylic acids is 1. The summed E-state index contributed by atoms with van der Waals surface area (Å²) in [5.74, 6) is -0.160. The number of para-hydroxylation sites is 1. The minimum absolute atomic E-state index is 0.0691. The highest BCUT2D eigenvalue weighted by Gasteiger charge is 2.24. The van der Waals surface area contributed by atoms with Crippen LogP contribution in [0.15, 0.2) is 48.5 Å². The van der Waals surface area contributed by atoms with Crippen LogP contribution in [0, 0.1) is 5.92 Å². The van der Waals surface area contributed by atoms with Crippen molar-refractivity contribution in [2.24, 2.45) is 5.92 Å². The number of carbonyl (C=O) groups is 1. The molecule has 0 bridgehead atoms. The van der Waals surface area contributed by atoms with Gasteiger partial charge in [0.05, 0.1) is 16.6 Å². The van der Waals surface area contributed by atoms with Gasteiger partial charge < -0.3 is 5.32 Å². The topological polar surface area (TPSA) is 29.1 Å². The fourth-order valence-electron chi connectivity index (χ4n) is 2.28. The lowest BCUT2D eigenvalue weighted by Gasteiger charge is -2.21. The van der Waals surface area contributed by atoms with Gasteiger partial charge in [-0.3, -0.25) is 4.79 Å². The first-order chi connectivity index (χ1) is 9.99. The number of benzene rings is 2. The predicted molar refractivity (Wildman–Crippen MR) is 89.1 cm³/mol. The number of nitrogens with one attached hydrogen (secondary N) is 1. The molecule has 1 N–H and O–H groups in total. The molecule has 0 saturated carbocycles. The van der Waals surface area contributed by atoms with Crippen LogP contribution in [0.1, 0.15) is 25.3 Å². The Morgan fingerprint density at radius 3 is 2.19 bits per heavy atom. The standard InChI is InChI=1S/C17H17Cl2NO/c1-11(2)16(12-7-9-13(18)10-8-12)17(21)20-15-6-4-3-5-14(15)19/h3-11,16H,1-2H3,(H,20,21)/t16-/m0/s1. The highest BCUT2D eigenvalue weighted by Crippen LogP contribution is 2.29. The van der Waals surface area contributed by atoms with Gasteiger partial charge in [-0.1, -0.05) is 61.3 Å². The van der Waals surface area contributed by atoms with Crippen LogP contribution in [0.5, 0.6) is 0 Å². The molecule has 0 unspecified atom stereocenters. The molecule has 2 nitrogen and oxygen atoms in total. The van der Waals surface area contributed by atoms with Gasteiger partial charge in [-0.15, -0.1) is 0 Å². The maximum atomic E-state index is 12.6. The van der Waals surface area contributed by atoms with Crippen LogP contribution in [-0.4, -0.2) is 5.91 Å². The summed E-state index contributed by atoms with van der Waals surface area (Å²) < 4.78 is 0. The average Bonchev–Trinajstić information content (AvgIpc) is 2.43. The van der Waals surface area contributed by atoms with E-state index in [4.69, 9.17) is 23.2 Å². The van der Waals surface area contributed by atoms with Crippen molar-refractivity contribution in [3.63, 3.8) is 0 Å². The van der Waals surface area contributed by atoms with Gasteiger partial charge in [0, 0.05) is 5.02 Å². The Hall–Kier alpha value is -1.51. The summed E-state index contributed by atoms with van der Waals surface area (Å²) in [7, 11) is 0. The van der Waals surface area contributed by atoms with Crippen LogP contribution >= 0.6 is 23.2 Å². The third-order valence-corrected chi connectivity index (χ3v) is 3.89. The van der Waals surface area contributed by atoms with Gasteiger partial charge in [-0.05, 0) is 35.7 Å². The maximum absolute atomic E-state index is 12.6. The molecule has 0 radical (unpaired) electrons. The fraction of sp³-hybridized carbons (Fsp3) is 0.235. The molecule has 4 heteroatoms. The summed E-state index contributed by atoms with van der Waals surface area (Å²) in [6.45, 7) is 4.04. The van der Waals surface area contributed by atoms with Crippen LogP contribution < -0.4 is 5.32 Å². The van der Waals surface area contributed by atoms with Crippen molar-refractivity contribution in [3.8, 4) is 0 Å². The average molecular weight is 322 g/mol. The minimum Gasteiger partial charge on any atom is -0.324 e. The van der Waals surface area contributed by atoms with Crippen molar-refractivity contribution in [2.75, 3.05) is 5.32 Å². The second-order valence-electron chi connectivity index (χ2n) is 5.24. The molecular weight excluding hydrogens is 305 g/mol. The van der Waals surface area contributed by atoms with E-state index in [0.717, 1.165) is 5.56 Å². The normalized spacial score (nSPS) is 12.2. The van der Waals surface area contributed by atoms with Crippen LogP contribution in [0.25, 0.3) is 0 Å². The first-order valence-corrected chi connectivity index (χ1v) is 7.55. The molecule has 2 aromatic rings. The maximum Gasteiger partial charge on any atom is 0.232 e. The van der Waals surface area contributed by atoms with Gasteiger partial charge in [0.1, 0.15) is 0 Å². The largest absolute Gasteiger partial charge is 0.324 e. The summed E-state index contributed by atoms with van der Waals surface area (Å²) in [6, 6.07) is 14.6. The molecule has 0 aromatic heterocycles. The monoisotopic (exact) mass is 321 g/mol. The number of hydrogen-bond acceptors (Lipinski definition) is 1. The number of anilines is 1. The van der Waals surface area contributed by atoms with E-state index in [1.165, 1.54) is 0 Å². The van der Waals surface area contributed by atoms with Crippen molar-refractivity contribution < 1.29 is 4.79 Å². The molecule has 0 aliphatic carbocycles. The quantitative estimate of drug-likeness (QED) is 0.805. The zero-order chi connectivity index (χ0) is 15.4. The minimum atomic E-state index is -0.251. The highest BCUT2D eigenvalue weighted by molar-refractivity contribution is 6.33. The fourth-order valence-corrected chi connectivity index (χ4v) is 2.59. The van der Waals surface area contributed by atoms with E-state index in [1.54, 1.807) is 24.3 Å². The van der Waals surface area contributed by atoms with E-state index in [0.29, 0.717) is 15.7 Å². The van der Waals surface area contributed by atoms with Gasteiger partial charge >= 0.3 is 0 Å². The van der Waals surface area contributed by atoms with E-state index in [-0.39, 0.29) is 17.7 Å². The second kappa shape index (κ2) is 6.97. The first kappa shape index (κ1) is 15.9. The first-order valence-electron chi connectivity index (χ1n) is 6.80. The second-order valence-corrected chi connectivity index (χ2v) is 6.09. The molecule has 0 heterocycles. The molecule has 110 valence electrons. The molecule has 1 amide bonds. The van der Waals surface area contributed by atoms with Crippen LogP contribution in [0.2, 0.25) is 10.0 Å². The molecule has 0 aliphatic heterocycles. The molecule has 2 rings (SSSR count). The van der Waals surface area contributed by atoms with Crippen LogP contribution in [0.3, 0.4) is 0 Å². The summed E-state index contributed by atoms with van der Waals surface area (Å²) in [4.78, 5) is 12.6. The Balaban J connectivity index is 2.24. The lowest BCUT2D eigenvalue weighted by atomic mass is 9.87. The lowest BCUT2D eigenvalue weighted by molar-refractivity contribution is -0.118. The Morgan fingerprint density at radius 2 is 1.62 bits per heavy atom. The number of hydrogen-bond donors (Lipinski definition) is 1. The van der Waals surface area contributed by atoms with E-state index in [2.05, 4.69) is 5.32 Å². The molecule has 0 aliphatic rings. The Bertz CT molecular complexity index is 623. The lowest BCUT2D eigenvalue weighted by Crippen LogP contribution is -2.25. The SMILES string of the molecule is CC(C)[C@H](C(=O)Nc1ccccc1Cl)c1ccc(Cl)cc1. The van der Waals surface area contributed by atoms with Crippen molar-refractivity contribution in [3.05, 3.63) is 64.1 Å². The highest BCUT2D eigenvalue weighted by atomic mass is 35.5. The predicted octanol–water partition coefficient (Wildman–Crippen LogP) is 5.37.